The first-order valence-corrected chi connectivity index (χ1v) is 8.94. The van der Waals surface area contributed by atoms with Gasteiger partial charge in [-0.15, -0.1) is 0 Å². The summed E-state index contributed by atoms with van der Waals surface area (Å²) in [5, 5.41) is 14.7. The second kappa shape index (κ2) is 8.54. The lowest BCUT2D eigenvalue weighted by molar-refractivity contribution is -0.671. The van der Waals surface area contributed by atoms with Crippen LogP contribution in [0.25, 0.3) is 10.8 Å². The van der Waals surface area contributed by atoms with Gasteiger partial charge in [0, 0.05) is 15.6 Å². The molecular formula is C20H20Cl2NO2+. The highest BCUT2D eigenvalue weighted by Crippen LogP contribution is 2.29. The second-order valence-corrected chi connectivity index (χ2v) is 6.64. The predicted molar refractivity (Wildman–Crippen MR) is 102 cm³/mol. The first-order chi connectivity index (χ1) is 12.2. The van der Waals surface area contributed by atoms with Gasteiger partial charge in [-0.3, -0.25) is 0 Å². The number of benzene rings is 3. The van der Waals surface area contributed by atoms with Crippen molar-refractivity contribution in [3.63, 3.8) is 0 Å². The van der Waals surface area contributed by atoms with Crippen LogP contribution in [0.3, 0.4) is 0 Å². The average Bonchev–Trinajstić information content (AvgIpc) is 2.62. The Morgan fingerprint density at radius 1 is 1.00 bits per heavy atom. The minimum Gasteiger partial charge on any atom is -0.488 e. The number of hydrogen-bond acceptors (Lipinski definition) is 2. The van der Waals surface area contributed by atoms with E-state index in [1.807, 2.05) is 30.3 Å². The van der Waals surface area contributed by atoms with Gasteiger partial charge in [0.1, 0.15) is 18.9 Å². The zero-order chi connectivity index (χ0) is 17.6. The van der Waals surface area contributed by atoms with Gasteiger partial charge in [0.2, 0.25) is 0 Å². The maximum atomic E-state index is 9.04. The van der Waals surface area contributed by atoms with E-state index >= 15 is 0 Å². The summed E-state index contributed by atoms with van der Waals surface area (Å²) in [6, 6.07) is 17.7. The van der Waals surface area contributed by atoms with Gasteiger partial charge in [-0.25, -0.2) is 0 Å². The average molecular weight is 377 g/mol. The van der Waals surface area contributed by atoms with Crippen molar-refractivity contribution in [3.05, 3.63) is 75.8 Å². The van der Waals surface area contributed by atoms with Gasteiger partial charge in [0.15, 0.2) is 0 Å². The third-order valence-corrected chi connectivity index (χ3v) is 4.66. The van der Waals surface area contributed by atoms with Gasteiger partial charge in [0.05, 0.1) is 18.7 Å². The summed E-state index contributed by atoms with van der Waals surface area (Å²) in [6.07, 6.45) is 0. The van der Waals surface area contributed by atoms with Crippen LogP contribution in [0.5, 0.6) is 5.75 Å². The van der Waals surface area contributed by atoms with Crippen LogP contribution in [0.15, 0.2) is 54.6 Å². The van der Waals surface area contributed by atoms with E-state index in [-0.39, 0.29) is 6.61 Å². The molecule has 0 aliphatic rings. The molecule has 0 amide bonds. The van der Waals surface area contributed by atoms with Crippen molar-refractivity contribution in [1.29, 1.82) is 0 Å². The molecule has 3 aromatic carbocycles. The zero-order valence-electron chi connectivity index (χ0n) is 13.7. The number of hydrogen-bond donors (Lipinski definition) is 2. The molecule has 0 aliphatic heterocycles. The van der Waals surface area contributed by atoms with E-state index in [1.54, 1.807) is 6.07 Å². The molecule has 0 unspecified atom stereocenters. The molecule has 3 aromatic rings. The summed E-state index contributed by atoms with van der Waals surface area (Å²) >= 11 is 12.2. The number of quaternary nitrogens is 1. The van der Waals surface area contributed by atoms with Crippen LogP contribution in [-0.4, -0.2) is 18.3 Å². The standard InChI is InChI=1S/C20H19Cl2NO2/c21-16-7-5-15(19(22)11-16)13-25-20-8-6-14-3-1-2-4-17(14)18(20)12-23-9-10-24/h1-8,11,23-24H,9-10,12-13H2/p+1. The second-order valence-electron chi connectivity index (χ2n) is 5.79. The number of aliphatic hydroxyl groups is 1. The molecule has 0 radical (unpaired) electrons. The van der Waals surface area contributed by atoms with Crippen LogP contribution in [0.4, 0.5) is 0 Å². The highest BCUT2D eigenvalue weighted by atomic mass is 35.5. The lowest BCUT2D eigenvalue weighted by Crippen LogP contribution is -2.83. The summed E-state index contributed by atoms with van der Waals surface area (Å²) in [6.45, 7) is 1.93. The molecule has 0 atom stereocenters. The normalized spacial score (nSPS) is 11.0. The summed E-state index contributed by atoms with van der Waals surface area (Å²) < 4.78 is 6.07. The lowest BCUT2D eigenvalue weighted by Gasteiger charge is -2.14. The zero-order valence-corrected chi connectivity index (χ0v) is 15.2. The van der Waals surface area contributed by atoms with Crippen LogP contribution in [0.1, 0.15) is 11.1 Å². The molecule has 0 spiro atoms. The maximum absolute atomic E-state index is 9.04. The van der Waals surface area contributed by atoms with Crippen molar-refractivity contribution in [2.24, 2.45) is 0 Å². The molecule has 0 heterocycles. The third kappa shape index (κ3) is 4.44. The molecule has 3 N–H and O–H groups in total. The van der Waals surface area contributed by atoms with E-state index in [2.05, 4.69) is 23.5 Å². The Labute approximate surface area is 157 Å². The van der Waals surface area contributed by atoms with Gasteiger partial charge in [-0.05, 0) is 29.0 Å². The first-order valence-electron chi connectivity index (χ1n) is 8.19. The minimum atomic E-state index is 0.154. The third-order valence-electron chi connectivity index (χ3n) is 4.08. The van der Waals surface area contributed by atoms with Crippen molar-refractivity contribution in [2.45, 2.75) is 13.2 Å². The largest absolute Gasteiger partial charge is 0.488 e. The molecule has 0 aliphatic carbocycles. The quantitative estimate of drug-likeness (QED) is 0.616. The van der Waals surface area contributed by atoms with Gasteiger partial charge >= 0.3 is 0 Å². The SMILES string of the molecule is OCC[NH2+]Cc1c(OCc2ccc(Cl)cc2Cl)ccc2ccccc12. The minimum absolute atomic E-state index is 0.154. The van der Waals surface area contributed by atoms with E-state index in [1.165, 1.54) is 5.39 Å². The molecule has 0 bridgehead atoms. The number of halogens is 2. The van der Waals surface area contributed by atoms with Crippen molar-refractivity contribution in [1.82, 2.24) is 0 Å². The summed E-state index contributed by atoms with van der Waals surface area (Å²) in [4.78, 5) is 0. The number of rotatable bonds is 7. The van der Waals surface area contributed by atoms with E-state index in [0.717, 1.165) is 28.8 Å². The fraction of sp³-hybridized carbons (Fsp3) is 0.200. The predicted octanol–water partition coefficient (Wildman–Crippen LogP) is 3.78. The smallest absolute Gasteiger partial charge is 0.129 e. The van der Waals surface area contributed by atoms with Crippen molar-refractivity contribution in [2.75, 3.05) is 13.2 Å². The van der Waals surface area contributed by atoms with Crippen LogP contribution in [-0.2, 0) is 13.2 Å². The Bertz CT molecular complexity index is 867. The highest BCUT2D eigenvalue weighted by molar-refractivity contribution is 6.35. The molecular weight excluding hydrogens is 357 g/mol. The van der Waals surface area contributed by atoms with Gasteiger partial charge < -0.3 is 15.2 Å². The van der Waals surface area contributed by atoms with E-state index in [9.17, 15) is 0 Å². The highest BCUT2D eigenvalue weighted by Gasteiger charge is 2.11. The molecule has 3 nitrogen and oxygen atoms in total. The molecule has 0 fully saturated rings. The Kier molecular flexibility index (Phi) is 6.16. The van der Waals surface area contributed by atoms with Crippen molar-refractivity contribution < 1.29 is 15.2 Å². The summed E-state index contributed by atoms with van der Waals surface area (Å²) in [5.74, 6) is 0.832. The number of aliphatic hydroxyl groups excluding tert-OH is 1. The molecule has 130 valence electrons. The number of ether oxygens (including phenoxy) is 1. The maximum Gasteiger partial charge on any atom is 0.129 e. The van der Waals surface area contributed by atoms with Crippen molar-refractivity contribution in [3.8, 4) is 5.75 Å². The van der Waals surface area contributed by atoms with Crippen LogP contribution < -0.4 is 10.1 Å². The van der Waals surface area contributed by atoms with Crippen LogP contribution >= 0.6 is 23.2 Å². The van der Waals surface area contributed by atoms with E-state index < -0.39 is 0 Å². The lowest BCUT2D eigenvalue weighted by atomic mass is 10.0. The van der Waals surface area contributed by atoms with E-state index in [4.69, 9.17) is 33.0 Å². The van der Waals surface area contributed by atoms with Gasteiger partial charge in [-0.1, -0.05) is 59.6 Å². The molecule has 0 saturated heterocycles. The fourth-order valence-corrected chi connectivity index (χ4v) is 3.26. The Hall–Kier alpha value is -1.78. The Morgan fingerprint density at radius 3 is 2.64 bits per heavy atom. The summed E-state index contributed by atoms with van der Waals surface area (Å²) in [5.41, 5.74) is 2.01. The van der Waals surface area contributed by atoms with Crippen LogP contribution in [0.2, 0.25) is 10.0 Å². The Morgan fingerprint density at radius 2 is 1.84 bits per heavy atom. The number of nitrogens with two attached hydrogens (primary N) is 1. The topological polar surface area (TPSA) is 46.1 Å². The molecule has 5 heteroatoms. The molecule has 0 aromatic heterocycles. The summed E-state index contributed by atoms with van der Waals surface area (Å²) in [7, 11) is 0. The molecule has 0 saturated carbocycles. The Balaban J connectivity index is 1.87. The van der Waals surface area contributed by atoms with Gasteiger partial charge in [-0.2, -0.15) is 0 Å². The van der Waals surface area contributed by atoms with Crippen molar-refractivity contribution >= 4 is 34.0 Å². The van der Waals surface area contributed by atoms with Crippen LogP contribution in [0, 0.1) is 0 Å². The molecule has 25 heavy (non-hydrogen) atoms. The molecule has 3 rings (SSSR count). The number of fused-ring (bicyclic) bond motifs is 1. The van der Waals surface area contributed by atoms with E-state index in [0.29, 0.717) is 23.2 Å². The monoisotopic (exact) mass is 376 g/mol. The fourth-order valence-electron chi connectivity index (χ4n) is 2.79. The first kappa shape index (κ1) is 18.0. The van der Waals surface area contributed by atoms with Gasteiger partial charge in [0.25, 0.3) is 0 Å².